The van der Waals surface area contributed by atoms with Gasteiger partial charge in [0.25, 0.3) is 0 Å². The van der Waals surface area contributed by atoms with Crippen molar-refractivity contribution in [3.63, 3.8) is 0 Å². The summed E-state index contributed by atoms with van der Waals surface area (Å²) in [5, 5.41) is 4.23. The third kappa shape index (κ3) is 5.07. The Morgan fingerprint density at radius 1 is 1.14 bits per heavy atom. The van der Waals surface area contributed by atoms with E-state index in [0.717, 1.165) is 18.7 Å². The Morgan fingerprint density at radius 3 is 2.57 bits per heavy atom. The quantitative estimate of drug-likeness (QED) is 0.795. The van der Waals surface area contributed by atoms with Gasteiger partial charge in [-0.25, -0.2) is 0 Å². The molecule has 2 nitrogen and oxygen atoms in total. The van der Waals surface area contributed by atoms with Crippen molar-refractivity contribution >= 4 is 11.6 Å². The third-order valence-corrected chi connectivity index (χ3v) is 3.57. The summed E-state index contributed by atoms with van der Waals surface area (Å²) < 4.78 is 5.88. The zero-order valence-corrected chi connectivity index (χ0v) is 13.4. The molecule has 0 amide bonds. The summed E-state index contributed by atoms with van der Waals surface area (Å²) in [5.74, 6) is 0.804. The number of benzene rings is 2. The molecule has 0 heterocycles. The predicted molar refractivity (Wildman–Crippen MR) is 89.2 cm³/mol. The summed E-state index contributed by atoms with van der Waals surface area (Å²) >= 11 is 5.98. The maximum absolute atomic E-state index is 5.98. The highest BCUT2D eigenvalue weighted by Gasteiger charge is 2.11. The highest BCUT2D eigenvalue weighted by molar-refractivity contribution is 6.30. The molecular weight excluding hydrogens is 282 g/mol. The molecule has 2 rings (SSSR count). The van der Waals surface area contributed by atoms with E-state index in [-0.39, 0.29) is 6.04 Å². The minimum atomic E-state index is 0.185. The monoisotopic (exact) mass is 303 g/mol. The molecular formula is C18H22ClNO. The van der Waals surface area contributed by atoms with Crippen LogP contribution < -0.4 is 10.1 Å². The molecule has 1 unspecified atom stereocenters. The topological polar surface area (TPSA) is 21.3 Å². The van der Waals surface area contributed by atoms with Crippen molar-refractivity contribution in [2.75, 3.05) is 13.2 Å². The van der Waals surface area contributed by atoms with E-state index in [2.05, 4.69) is 43.4 Å². The normalized spacial score (nSPS) is 12.1. The number of hydrogen-bond acceptors (Lipinski definition) is 2. The largest absolute Gasteiger partial charge is 0.492 e. The highest BCUT2D eigenvalue weighted by atomic mass is 35.5. The number of hydrogen-bond donors (Lipinski definition) is 1. The Bertz CT molecular complexity index is 553. The number of nitrogens with one attached hydrogen (secondary N) is 1. The molecule has 0 radical (unpaired) electrons. The van der Waals surface area contributed by atoms with Gasteiger partial charge in [-0.1, -0.05) is 54.4 Å². The molecule has 0 saturated heterocycles. The smallest absolute Gasteiger partial charge is 0.120 e. The van der Waals surface area contributed by atoms with Crippen LogP contribution >= 0.6 is 11.6 Å². The summed E-state index contributed by atoms with van der Waals surface area (Å²) in [6.45, 7) is 5.82. The zero-order valence-electron chi connectivity index (χ0n) is 12.6. The Morgan fingerprint density at radius 2 is 1.90 bits per heavy atom. The van der Waals surface area contributed by atoms with Crippen LogP contribution in [0.3, 0.4) is 0 Å². The van der Waals surface area contributed by atoms with E-state index in [9.17, 15) is 0 Å². The van der Waals surface area contributed by atoms with Crippen molar-refractivity contribution in [2.24, 2.45) is 0 Å². The van der Waals surface area contributed by atoms with Crippen molar-refractivity contribution in [3.8, 4) is 5.75 Å². The van der Waals surface area contributed by atoms with Gasteiger partial charge in [0, 0.05) is 5.02 Å². The molecule has 21 heavy (non-hydrogen) atoms. The molecule has 0 aromatic heterocycles. The molecule has 112 valence electrons. The zero-order chi connectivity index (χ0) is 15.1. The lowest BCUT2D eigenvalue weighted by atomic mass is 10.1. The van der Waals surface area contributed by atoms with Crippen molar-refractivity contribution in [1.82, 2.24) is 5.32 Å². The van der Waals surface area contributed by atoms with Crippen LogP contribution in [0.25, 0.3) is 0 Å². The number of halogens is 1. The minimum absolute atomic E-state index is 0.185. The summed E-state index contributed by atoms with van der Waals surface area (Å²) in [4.78, 5) is 0. The van der Waals surface area contributed by atoms with Crippen LogP contribution in [-0.2, 0) is 0 Å². The maximum atomic E-state index is 5.98. The molecule has 0 aliphatic rings. The van der Waals surface area contributed by atoms with Crippen molar-refractivity contribution in [1.29, 1.82) is 0 Å². The van der Waals surface area contributed by atoms with E-state index < -0.39 is 0 Å². The predicted octanol–water partition coefficient (Wildman–Crippen LogP) is 4.77. The van der Waals surface area contributed by atoms with Gasteiger partial charge in [0.2, 0.25) is 0 Å². The lowest BCUT2D eigenvalue weighted by Crippen LogP contribution is -2.27. The fourth-order valence-corrected chi connectivity index (χ4v) is 2.31. The van der Waals surface area contributed by atoms with E-state index in [1.54, 1.807) is 0 Å². The first kappa shape index (κ1) is 15.9. The molecule has 0 aliphatic heterocycles. The summed E-state index contributed by atoms with van der Waals surface area (Å²) in [6.07, 6.45) is 1.10. The Balaban J connectivity index is 2.04. The van der Waals surface area contributed by atoms with E-state index in [1.165, 1.54) is 11.1 Å². The lowest BCUT2D eigenvalue weighted by molar-refractivity contribution is 0.266. The molecule has 1 atom stereocenters. The number of aryl methyl sites for hydroxylation is 1. The van der Waals surface area contributed by atoms with E-state index in [0.29, 0.717) is 11.6 Å². The van der Waals surface area contributed by atoms with Gasteiger partial charge in [0.1, 0.15) is 12.4 Å². The molecule has 1 N–H and O–H groups in total. The molecule has 0 bridgehead atoms. The lowest BCUT2D eigenvalue weighted by Gasteiger charge is -2.20. The second-order valence-electron chi connectivity index (χ2n) is 5.19. The highest BCUT2D eigenvalue weighted by Crippen LogP contribution is 2.20. The van der Waals surface area contributed by atoms with E-state index >= 15 is 0 Å². The second-order valence-corrected chi connectivity index (χ2v) is 5.62. The fourth-order valence-electron chi connectivity index (χ4n) is 2.13. The van der Waals surface area contributed by atoms with Crippen LogP contribution in [0.15, 0.2) is 48.5 Å². The van der Waals surface area contributed by atoms with Gasteiger partial charge in [0.05, 0.1) is 6.04 Å². The Hall–Kier alpha value is -1.51. The Kier molecular flexibility index (Phi) is 6.09. The number of rotatable bonds is 7. The van der Waals surface area contributed by atoms with Crippen molar-refractivity contribution < 1.29 is 4.74 Å². The molecule has 0 aliphatic carbocycles. The SMILES string of the molecule is CCCNC(COc1cccc(Cl)c1)c1ccc(C)cc1. The molecule has 0 saturated carbocycles. The van der Waals surface area contributed by atoms with Gasteiger partial charge >= 0.3 is 0 Å². The van der Waals surface area contributed by atoms with Crippen LogP contribution in [0.2, 0.25) is 5.02 Å². The van der Waals surface area contributed by atoms with Crippen molar-refractivity contribution in [3.05, 3.63) is 64.7 Å². The van der Waals surface area contributed by atoms with Crippen molar-refractivity contribution in [2.45, 2.75) is 26.3 Å². The van der Waals surface area contributed by atoms with Gasteiger partial charge in [-0.05, 0) is 43.7 Å². The van der Waals surface area contributed by atoms with Gasteiger partial charge in [-0.15, -0.1) is 0 Å². The molecule has 2 aromatic rings. The van der Waals surface area contributed by atoms with Crippen LogP contribution in [0.5, 0.6) is 5.75 Å². The molecule has 3 heteroatoms. The molecule has 0 fully saturated rings. The average Bonchev–Trinajstić information content (AvgIpc) is 2.49. The van der Waals surface area contributed by atoms with E-state index in [4.69, 9.17) is 16.3 Å². The third-order valence-electron chi connectivity index (χ3n) is 3.33. The summed E-state index contributed by atoms with van der Waals surface area (Å²) in [6, 6.07) is 16.3. The second kappa shape index (κ2) is 8.06. The molecule has 2 aromatic carbocycles. The van der Waals surface area contributed by atoms with Gasteiger partial charge in [-0.2, -0.15) is 0 Å². The molecule has 0 spiro atoms. The standard InChI is InChI=1S/C18H22ClNO/c1-3-11-20-18(15-9-7-14(2)8-10-15)13-21-17-6-4-5-16(19)12-17/h4-10,12,18,20H,3,11,13H2,1-2H3. The number of ether oxygens (including phenoxy) is 1. The van der Waals surface area contributed by atoms with Gasteiger partial charge in [0.15, 0.2) is 0 Å². The average molecular weight is 304 g/mol. The Labute approximate surface area is 132 Å². The van der Waals surface area contributed by atoms with Gasteiger partial charge in [-0.3, -0.25) is 0 Å². The van der Waals surface area contributed by atoms with Gasteiger partial charge < -0.3 is 10.1 Å². The van der Waals surface area contributed by atoms with Crippen LogP contribution in [0.4, 0.5) is 0 Å². The fraction of sp³-hybridized carbons (Fsp3) is 0.333. The van der Waals surface area contributed by atoms with Crippen LogP contribution in [0.1, 0.15) is 30.5 Å². The van der Waals surface area contributed by atoms with Crippen LogP contribution in [-0.4, -0.2) is 13.2 Å². The van der Waals surface area contributed by atoms with E-state index in [1.807, 2.05) is 24.3 Å². The maximum Gasteiger partial charge on any atom is 0.120 e. The van der Waals surface area contributed by atoms with Crippen LogP contribution in [0, 0.1) is 6.92 Å². The first-order valence-electron chi connectivity index (χ1n) is 7.37. The summed E-state index contributed by atoms with van der Waals surface area (Å²) in [7, 11) is 0. The summed E-state index contributed by atoms with van der Waals surface area (Å²) in [5.41, 5.74) is 2.51. The first-order valence-corrected chi connectivity index (χ1v) is 7.75. The first-order chi connectivity index (χ1) is 10.2. The minimum Gasteiger partial charge on any atom is -0.492 e.